The average molecular weight is 557 g/mol. The molecule has 0 radical (unpaired) electrons. The van der Waals surface area contributed by atoms with E-state index in [2.05, 4.69) is 16.0 Å². The number of guanidine groups is 1. The first-order chi connectivity index (χ1) is 19.5. The molecule has 1 aliphatic heterocycles. The number of aliphatic hydroxyl groups is 2. The molecule has 3 amide bonds. The van der Waals surface area contributed by atoms with Gasteiger partial charge < -0.3 is 36.2 Å². The highest BCUT2D eigenvalue weighted by Crippen LogP contribution is 2.28. The van der Waals surface area contributed by atoms with E-state index in [-0.39, 0.29) is 12.5 Å². The Hall–Kier alpha value is -4.00. The van der Waals surface area contributed by atoms with Crippen molar-refractivity contribution in [3.8, 4) is 11.1 Å². The number of carbonyl (C=O) groups excluding carboxylic acids is 3. The maximum atomic E-state index is 12.8. The smallest absolute Gasteiger partial charge is 0.414 e. The summed E-state index contributed by atoms with van der Waals surface area (Å²) in [5.74, 6) is -1.60. The van der Waals surface area contributed by atoms with E-state index in [1.807, 2.05) is 54.6 Å². The van der Waals surface area contributed by atoms with E-state index < -0.39 is 54.5 Å². The van der Waals surface area contributed by atoms with Gasteiger partial charge in [0.1, 0.15) is 23.9 Å². The quantitative estimate of drug-likeness (QED) is 0.176. The predicted octanol–water partition coefficient (Wildman–Crippen LogP) is 0.973. The van der Waals surface area contributed by atoms with Crippen LogP contribution in [0.3, 0.4) is 0 Å². The largest absolute Gasteiger partial charge is 0.438 e. The van der Waals surface area contributed by atoms with Gasteiger partial charge in [0, 0.05) is 6.54 Å². The monoisotopic (exact) mass is 556 g/mol. The Morgan fingerprint density at radius 2 is 1.80 bits per heavy atom. The van der Waals surface area contributed by atoms with Crippen LogP contribution in [0.25, 0.3) is 11.1 Å². The number of benzene rings is 2. The summed E-state index contributed by atoms with van der Waals surface area (Å²) in [7, 11) is 0. The third kappa shape index (κ3) is 7.78. The third-order valence-corrected chi connectivity index (χ3v) is 6.72. The molecule has 2 aromatic carbocycles. The first-order valence-electron chi connectivity index (χ1n) is 13.5. The zero-order valence-corrected chi connectivity index (χ0v) is 22.8. The van der Waals surface area contributed by atoms with Crippen molar-refractivity contribution in [3.63, 3.8) is 0 Å². The number of aliphatic hydroxyl groups excluding tert-OH is 2. The van der Waals surface area contributed by atoms with Gasteiger partial charge in [0.15, 0.2) is 0 Å². The van der Waals surface area contributed by atoms with Crippen LogP contribution < -0.4 is 21.7 Å². The first kappa shape index (κ1) is 29.0. The Kier molecular flexibility index (Phi) is 9.70. The van der Waals surface area contributed by atoms with E-state index >= 15 is 0 Å². The van der Waals surface area contributed by atoms with Crippen LogP contribution in [0.1, 0.15) is 39.2 Å². The first-order valence-corrected chi connectivity index (χ1v) is 13.1. The van der Waals surface area contributed by atoms with Crippen molar-refractivity contribution in [1.29, 1.82) is 6.84 Å². The number of nitrogens with zero attached hydrogens (tertiary/aromatic N) is 1. The lowest BCUT2D eigenvalue weighted by atomic mass is 9.95. The molecule has 1 heterocycles. The number of likely N-dealkylation sites (tertiary alicyclic amines) is 1. The average Bonchev–Trinajstić information content (AvgIpc) is 2.96. The van der Waals surface area contributed by atoms with E-state index in [9.17, 15) is 14.4 Å². The molecule has 0 spiro atoms. The number of rotatable bonds is 9. The molecule has 0 saturated carbocycles. The number of alkyl carbamates (subject to hydrolysis) is 1. The van der Waals surface area contributed by atoms with Crippen molar-refractivity contribution in [2.75, 3.05) is 13.2 Å². The van der Waals surface area contributed by atoms with Gasteiger partial charge >= 0.3 is 6.09 Å². The van der Waals surface area contributed by atoms with Gasteiger partial charge in [0.2, 0.25) is 19.2 Å². The molecule has 1 aliphatic rings. The Balaban J connectivity index is 1.58. The number of hydrogen-bond donors (Lipinski definition) is 7. The van der Waals surface area contributed by atoms with Gasteiger partial charge in [-0.3, -0.25) is 20.3 Å². The van der Waals surface area contributed by atoms with Gasteiger partial charge in [-0.05, 0) is 50.3 Å². The van der Waals surface area contributed by atoms with Crippen LogP contribution in [-0.2, 0) is 19.9 Å². The summed E-state index contributed by atoms with van der Waals surface area (Å²) in [6.07, 6.45) is -0.980. The zero-order valence-electron chi connectivity index (χ0n) is 23.8. The van der Waals surface area contributed by atoms with Crippen LogP contribution in [0, 0.1) is 5.41 Å². The zero-order chi connectivity index (χ0) is 30.2. The third-order valence-electron chi connectivity index (χ3n) is 6.72. The van der Waals surface area contributed by atoms with Gasteiger partial charge in [-0.15, -0.1) is 0 Å². The molecular formula is C28H38N6O6. The molecular weight excluding hydrogens is 516 g/mol. The van der Waals surface area contributed by atoms with Gasteiger partial charge in [0.25, 0.3) is 0 Å². The number of nitrogens with one attached hydrogen (secondary N) is 4. The number of amides is 3. The molecule has 12 nitrogen and oxygen atoms in total. The number of nitrogens with two attached hydrogens (primary N) is 1. The second-order valence-corrected chi connectivity index (χ2v) is 10.2. The normalized spacial score (nSPS) is 19.0. The lowest BCUT2D eigenvalue weighted by Gasteiger charge is -2.39. The molecule has 1 fully saturated rings. The van der Waals surface area contributed by atoms with Crippen LogP contribution >= 0.6 is 0 Å². The molecule has 8 N–H and O–H groups in total. The van der Waals surface area contributed by atoms with Crippen molar-refractivity contribution in [3.05, 3.63) is 60.2 Å². The SMILES string of the molecule is [3H]OC1C(NC(=O)C(C)NC(=O)C(N)CO)CCCN1C(=N)NC(=O)OC(C)(C)c1ccc(-c2ccccc2)cc1. The maximum Gasteiger partial charge on any atom is 0.414 e. The summed E-state index contributed by atoms with van der Waals surface area (Å²) in [4.78, 5) is 38.7. The van der Waals surface area contributed by atoms with Gasteiger partial charge in [-0.2, -0.15) is 0 Å². The summed E-state index contributed by atoms with van der Waals surface area (Å²) in [5.41, 5.74) is 7.30. The van der Waals surface area contributed by atoms with Crippen LogP contribution in [0.5, 0.6) is 0 Å². The summed E-state index contributed by atoms with van der Waals surface area (Å²) < 4.78 is 13.2. The van der Waals surface area contributed by atoms with E-state index in [0.29, 0.717) is 12.8 Å². The summed E-state index contributed by atoms with van der Waals surface area (Å²) in [6, 6.07) is 14.7. The van der Waals surface area contributed by atoms with E-state index in [4.69, 9.17) is 27.5 Å². The minimum Gasteiger partial charge on any atom is -0.438 e. The van der Waals surface area contributed by atoms with Crippen molar-refractivity contribution in [2.24, 2.45) is 5.73 Å². The molecule has 1 saturated heterocycles. The van der Waals surface area contributed by atoms with Crippen LogP contribution in [0.15, 0.2) is 54.6 Å². The van der Waals surface area contributed by atoms with Crippen LogP contribution in [0.4, 0.5) is 4.79 Å². The van der Waals surface area contributed by atoms with Crippen molar-refractivity contribution in [1.82, 2.24) is 20.9 Å². The minimum atomic E-state index is -1.16. The lowest BCUT2D eigenvalue weighted by Crippen LogP contribution is -2.61. The summed E-state index contributed by atoms with van der Waals surface area (Å²) >= 11 is 0. The van der Waals surface area contributed by atoms with E-state index in [1.54, 1.807) is 13.8 Å². The second-order valence-electron chi connectivity index (χ2n) is 10.2. The minimum absolute atomic E-state index is 0.289. The van der Waals surface area contributed by atoms with E-state index in [0.717, 1.165) is 16.7 Å². The molecule has 0 bridgehead atoms. The topological polar surface area (TPSA) is 190 Å². The standard InChI is InChI=1S/C28H38N6O6/c1-17(31-24(37)21(29)16-35)23(36)32-22-10-7-15-34(25(22)38)26(30)33-27(39)40-28(2,3)20-13-11-19(12-14-20)18-8-5-4-6-9-18/h4-6,8-9,11-14,17,21-22,25,35,38H,7,10,15-16,29H2,1-3H3,(H,31,37)(H,32,36)(H2,30,33,39)/i38T. The molecule has 12 heteroatoms. The Morgan fingerprint density at radius 1 is 1.15 bits per heavy atom. The second kappa shape index (κ2) is 13.4. The number of hydrogen-bond acceptors (Lipinski definition) is 8. The molecule has 40 heavy (non-hydrogen) atoms. The highest BCUT2D eigenvalue weighted by molar-refractivity contribution is 5.92. The highest BCUT2D eigenvalue weighted by Gasteiger charge is 2.35. The molecule has 216 valence electrons. The molecule has 4 unspecified atom stereocenters. The number of piperidine rings is 1. The molecule has 0 aromatic heterocycles. The summed E-state index contributed by atoms with van der Waals surface area (Å²) in [6.45, 7) is 4.65. The Bertz CT molecular complexity index is 1210. The summed E-state index contributed by atoms with van der Waals surface area (Å²) in [5, 5.41) is 29.8. The number of ether oxygens (including phenoxy) is 1. The fourth-order valence-electron chi connectivity index (χ4n) is 4.31. The van der Waals surface area contributed by atoms with E-state index in [1.165, 1.54) is 11.8 Å². The van der Waals surface area contributed by atoms with Crippen LogP contribution in [-0.4, -0.2) is 77.9 Å². The van der Waals surface area contributed by atoms with Crippen molar-refractivity contribution in [2.45, 2.75) is 63.6 Å². The van der Waals surface area contributed by atoms with Gasteiger partial charge in [0.05, 0.1) is 12.6 Å². The molecule has 3 rings (SSSR count). The van der Waals surface area contributed by atoms with Crippen LogP contribution in [0.2, 0.25) is 0 Å². The molecule has 0 aliphatic carbocycles. The van der Waals surface area contributed by atoms with Gasteiger partial charge in [-0.1, -0.05) is 54.6 Å². The highest BCUT2D eigenvalue weighted by atomic mass is 16.6. The lowest BCUT2D eigenvalue weighted by molar-refractivity contribution is -0.131. The Morgan fingerprint density at radius 3 is 2.42 bits per heavy atom. The molecule has 2 aromatic rings. The maximum absolute atomic E-state index is 12.8. The predicted molar refractivity (Wildman–Crippen MR) is 149 cm³/mol. The molecule has 4 atom stereocenters. The fourth-order valence-corrected chi connectivity index (χ4v) is 4.31. The van der Waals surface area contributed by atoms with Crippen molar-refractivity contribution >= 4 is 23.9 Å². The van der Waals surface area contributed by atoms with Gasteiger partial charge in [-0.25, -0.2) is 4.79 Å². The fraction of sp³-hybridized carbons (Fsp3) is 0.429. The number of carbonyl (C=O) groups is 3. The Labute approximate surface area is 234 Å². The van der Waals surface area contributed by atoms with Crippen molar-refractivity contribution < 1.29 is 29.3 Å².